The van der Waals surface area contributed by atoms with E-state index in [0.717, 1.165) is 18.4 Å². The van der Waals surface area contributed by atoms with Gasteiger partial charge < -0.3 is 9.64 Å². The summed E-state index contributed by atoms with van der Waals surface area (Å²) in [5.41, 5.74) is 0.320. The Morgan fingerprint density at radius 3 is 2.58 bits per heavy atom. The van der Waals surface area contributed by atoms with Crippen LogP contribution in [0.4, 0.5) is 24.5 Å². The lowest BCUT2D eigenvalue weighted by atomic mass is 10.1. The summed E-state index contributed by atoms with van der Waals surface area (Å²) in [5.74, 6) is 0.251. The third kappa shape index (κ3) is 4.25. The Morgan fingerprint density at radius 1 is 1.27 bits per heavy atom. The molecule has 0 amide bonds. The van der Waals surface area contributed by atoms with Gasteiger partial charge in [0.15, 0.2) is 0 Å². The molecular weight excluding hydrogens is 373 g/mol. The highest BCUT2D eigenvalue weighted by Crippen LogP contribution is 2.38. The fourth-order valence-corrected chi connectivity index (χ4v) is 2.94. The van der Waals surface area contributed by atoms with Crippen LogP contribution < -0.4 is 9.64 Å². The van der Waals surface area contributed by atoms with Gasteiger partial charge in [0, 0.05) is 11.9 Å². The summed E-state index contributed by atoms with van der Waals surface area (Å²) in [6.07, 6.45) is -2.65. The number of nitrogens with zero attached hydrogens (tertiary/aromatic N) is 2. The van der Waals surface area contributed by atoms with Crippen molar-refractivity contribution in [1.29, 1.82) is 0 Å². The van der Waals surface area contributed by atoms with Gasteiger partial charge in [-0.05, 0) is 36.4 Å². The van der Waals surface area contributed by atoms with E-state index in [9.17, 15) is 21.6 Å². The highest BCUT2D eigenvalue weighted by atomic mass is 32.2. The molecule has 1 unspecified atom stereocenters. The van der Waals surface area contributed by atoms with Gasteiger partial charge in [0.05, 0.1) is 18.4 Å². The highest BCUT2D eigenvalue weighted by Gasteiger charge is 2.32. The van der Waals surface area contributed by atoms with Crippen molar-refractivity contribution in [3.8, 4) is 5.88 Å². The molecule has 0 saturated carbocycles. The van der Waals surface area contributed by atoms with Crippen molar-refractivity contribution >= 4 is 21.5 Å². The molecule has 0 fully saturated rings. The summed E-state index contributed by atoms with van der Waals surface area (Å²) in [4.78, 5) is 5.81. The average molecular weight is 388 g/mol. The number of halogens is 3. The number of hydrogen-bond donors (Lipinski definition) is 0. The minimum atomic E-state index is -4.42. The second kappa shape index (κ2) is 6.76. The van der Waals surface area contributed by atoms with Gasteiger partial charge in [-0.2, -0.15) is 21.6 Å². The zero-order valence-corrected chi connectivity index (χ0v) is 14.4. The average Bonchev–Trinajstić information content (AvgIpc) is 2.58. The van der Waals surface area contributed by atoms with Crippen molar-refractivity contribution < 1.29 is 30.5 Å². The molecule has 10 heteroatoms. The number of benzene rings is 1. The predicted molar refractivity (Wildman–Crippen MR) is 87.9 cm³/mol. The fraction of sp³-hybridized carbons (Fsp3) is 0.312. The third-order valence-corrected chi connectivity index (χ3v) is 4.24. The van der Waals surface area contributed by atoms with Crippen molar-refractivity contribution in [2.75, 3.05) is 24.3 Å². The van der Waals surface area contributed by atoms with Crippen molar-refractivity contribution in [3.63, 3.8) is 0 Å². The molecular formula is C16H15F3N2O4S. The number of anilines is 2. The topological polar surface area (TPSA) is 68.7 Å². The lowest BCUT2D eigenvalue weighted by molar-refractivity contribution is -0.137. The largest absolute Gasteiger partial charge is 0.468 e. The van der Waals surface area contributed by atoms with Gasteiger partial charge in [-0.1, -0.05) is 0 Å². The minimum absolute atomic E-state index is 0.194. The van der Waals surface area contributed by atoms with Crippen LogP contribution in [0.25, 0.3) is 0 Å². The number of aromatic nitrogens is 1. The lowest BCUT2D eigenvalue weighted by Crippen LogP contribution is -2.41. The molecule has 1 aromatic heterocycles. The van der Waals surface area contributed by atoms with Gasteiger partial charge in [-0.3, -0.25) is 4.18 Å². The van der Waals surface area contributed by atoms with Crippen molar-refractivity contribution in [3.05, 3.63) is 48.2 Å². The van der Waals surface area contributed by atoms with Crippen LogP contribution >= 0.6 is 0 Å². The first kappa shape index (κ1) is 18.5. The Labute approximate surface area is 148 Å². The molecule has 140 valence electrons. The van der Waals surface area contributed by atoms with Gasteiger partial charge in [0.25, 0.3) is 10.1 Å². The van der Waals surface area contributed by atoms with Crippen LogP contribution in [0.2, 0.25) is 0 Å². The van der Waals surface area contributed by atoms with Crippen molar-refractivity contribution in [2.45, 2.75) is 12.3 Å². The number of rotatable bonds is 4. The zero-order chi connectivity index (χ0) is 18.9. The number of ether oxygens (including phenoxy) is 1. The van der Waals surface area contributed by atoms with Crippen LogP contribution in [-0.2, 0) is 20.5 Å². The van der Waals surface area contributed by atoms with Gasteiger partial charge in [0.2, 0.25) is 5.88 Å². The van der Waals surface area contributed by atoms with Crippen LogP contribution in [0.3, 0.4) is 0 Å². The van der Waals surface area contributed by atoms with Crippen LogP contribution in [-0.4, -0.2) is 38.9 Å². The van der Waals surface area contributed by atoms with Crippen LogP contribution in [0.1, 0.15) is 5.56 Å². The summed E-state index contributed by atoms with van der Waals surface area (Å²) in [7, 11) is -3.65. The molecule has 1 atom stereocenters. The number of hydrogen-bond acceptors (Lipinski definition) is 6. The van der Waals surface area contributed by atoms with Crippen molar-refractivity contribution in [2.24, 2.45) is 0 Å². The molecule has 6 nitrogen and oxygen atoms in total. The molecule has 3 rings (SSSR count). The van der Waals surface area contributed by atoms with E-state index in [1.165, 1.54) is 18.3 Å². The predicted octanol–water partition coefficient (Wildman–Crippen LogP) is 2.98. The first-order valence-electron chi connectivity index (χ1n) is 7.54. The van der Waals surface area contributed by atoms with Crippen LogP contribution in [0.15, 0.2) is 42.6 Å². The molecule has 1 aliphatic heterocycles. The Kier molecular flexibility index (Phi) is 4.80. The van der Waals surface area contributed by atoms with Gasteiger partial charge in [-0.15, -0.1) is 0 Å². The SMILES string of the molecule is CS(=O)(=O)OCC1CN(c2ccc(C(F)(F)F)cc2)c2cccnc2O1. The van der Waals surface area contributed by atoms with E-state index in [1.807, 2.05) is 0 Å². The van der Waals surface area contributed by atoms with Gasteiger partial charge in [-0.25, -0.2) is 4.98 Å². The molecule has 0 bridgehead atoms. The monoisotopic (exact) mass is 388 g/mol. The van der Waals surface area contributed by atoms with E-state index in [4.69, 9.17) is 8.92 Å². The smallest absolute Gasteiger partial charge is 0.416 e. The fourth-order valence-electron chi connectivity index (χ4n) is 2.54. The zero-order valence-electron chi connectivity index (χ0n) is 13.6. The summed E-state index contributed by atoms with van der Waals surface area (Å²) in [5, 5.41) is 0. The number of fused-ring (bicyclic) bond motifs is 1. The number of alkyl halides is 3. The first-order valence-corrected chi connectivity index (χ1v) is 9.36. The Morgan fingerprint density at radius 2 is 1.96 bits per heavy atom. The Bertz CT molecular complexity index is 885. The summed E-state index contributed by atoms with van der Waals surface area (Å²) in [6.45, 7) is -0.0362. The molecule has 0 spiro atoms. The molecule has 0 N–H and O–H groups in total. The molecule has 2 heterocycles. The quantitative estimate of drug-likeness (QED) is 0.750. The maximum atomic E-state index is 12.8. The summed E-state index contributed by atoms with van der Waals surface area (Å²) >= 11 is 0. The summed E-state index contributed by atoms with van der Waals surface area (Å²) in [6, 6.07) is 8.06. The lowest BCUT2D eigenvalue weighted by Gasteiger charge is -2.35. The van der Waals surface area contributed by atoms with Gasteiger partial charge >= 0.3 is 6.18 Å². The Balaban J connectivity index is 1.89. The minimum Gasteiger partial charge on any atom is -0.468 e. The standard InChI is InChI=1S/C16H15F3N2O4S/c1-26(22,23)24-10-13-9-21(14-3-2-8-20-15(14)25-13)12-6-4-11(5-7-12)16(17,18)19/h2-8,13H,9-10H2,1H3. The summed E-state index contributed by atoms with van der Waals surface area (Å²) < 4.78 is 71.1. The van der Waals surface area contributed by atoms with E-state index in [-0.39, 0.29) is 19.0 Å². The highest BCUT2D eigenvalue weighted by molar-refractivity contribution is 7.85. The molecule has 0 radical (unpaired) electrons. The molecule has 1 aromatic carbocycles. The van der Waals surface area contributed by atoms with Gasteiger partial charge in [0.1, 0.15) is 18.4 Å². The molecule has 0 saturated heterocycles. The van der Waals surface area contributed by atoms with Crippen LogP contribution in [0.5, 0.6) is 5.88 Å². The van der Waals surface area contributed by atoms with Crippen LogP contribution in [0, 0.1) is 0 Å². The molecule has 2 aromatic rings. The third-order valence-electron chi connectivity index (χ3n) is 3.68. The maximum Gasteiger partial charge on any atom is 0.416 e. The Hall–Kier alpha value is -2.33. The second-order valence-electron chi connectivity index (χ2n) is 5.71. The maximum absolute atomic E-state index is 12.8. The van der Waals surface area contributed by atoms with E-state index >= 15 is 0 Å². The normalized spacial score (nSPS) is 17.5. The van der Waals surface area contributed by atoms with E-state index < -0.39 is 28.0 Å². The van der Waals surface area contributed by atoms with E-state index in [1.54, 1.807) is 17.0 Å². The number of pyridine rings is 1. The first-order chi connectivity index (χ1) is 12.1. The van der Waals surface area contributed by atoms with Crippen molar-refractivity contribution in [1.82, 2.24) is 4.98 Å². The second-order valence-corrected chi connectivity index (χ2v) is 7.36. The molecule has 26 heavy (non-hydrogen) atoms. The van der Waals surface area contributed by atoms with E-state index in [2.05, 4.69) is 4.98 Å². The molecule has 1 aliphatic rings. The molecule has 0 aliphatic carbocycles. The van der Waals surface area contributed by atoms with E-state index in [0.29, 0.717) is 11.4 Å².